The summed E-state index contributed by atoms with van der Waals surface area (Å²) < 4.78 is 33.6. The van der Waals surface area contributed by atoms with Gasteiger partial charge in [-0.05, 0) is 49.7 Å². The predicted octanol–water partition coefficient (Wildman–Crippen LogP) is 3.08. The van der Waals surface area contributed by atoms with Crippen molar-refractivity contribution in [2.45, 2.75) is 43.8 Å². The topological polar surface area (TPSA) is 59.5 Å². The molecule has 0 saturated carbocycles. The molecule has 5 nitrogen and oxygen atoms in total. The number of morpholine rings is 1. The lowest BCUT2D eigenvalue weighted by molar-refractivity contribution is -0.163. The van der Waals surface area contributed by atoms with Gasteiger partial charge in [0.25, 0.3) is 0 Å². The number of halogens is 2. The first kappa shape index (κ1) is 17.1. The molecule has 2 heterocycles. The maximum Gasteiger partial charge on any atom is 0.246 e. The number of ether oxygens (including phenoxy) is 1. The third kappa shape index (κ3) is 3.76. The van der Waals surface area contributed by atoms with E-state index >= 15 is 0 Å². The molecular weight excluding hydrogens is 380 g/mol. The Hall–Kier alpha value is -0.210. The SMILES string of the molecule is CC1(C)CN(S(=O)(=O)c2cc(Br)cnc2Cl)CC(C)(C)O1. The van der Waals surface area contributed by atoms with Crippen LogP contribution in [0.4, 0.5) is 0 Å². The van der Waals surface area contributed by atoms with Gasteiger partial charge in [0.2, 0.25) is 10.0 Å². The van der Waals surface area contributed by atoms with E-state index in [1.165, 1.54) is 16.6 Å². The molecule has 2 rings (SSSR count). The van der Waals surface area contributed by atoms with Gasteiger partial charge in [0, 0.05) is 23.8 Å². The van der Waals surface area contributed by atoms with E-state index in [0.717, 1.165) is 0 Å². The summed E-state index contributed by atoms with van der Waals surface area (Å²) in [5.41, 5.74) is -1.14. The fraction of sp³-hybridized carbons (Fsp3) is 0.615. The summed E-state index contributed by atoms with van der Waals surface area (Å²) in [6.45, 7) is 8.02. The molecule has 0 atom stereocenters. The van der Waals surface area contributed by atoms with Gasteiger partial charge in [-0.3, -0.25) is 0 Å². The molecule has 21 heavy (non-hydrogen) atoms. The Morgan fingerprint density at radius 1 is 1.29 bits per heavy atom. The summed E-state index contributed by atoms with van der Waals surface area (Å²) >= 11 is 9.20. The molecule has 1 aromatic rings. The number of nitrogens with zero attached hydrogens (tertiary/aromatic N) is 2. The minimum atomic E-state index is -3.73. The lowest BCUT2D eigenvalue weighted by atomic mass is 10.0. The minimum Gasteiger partial charge on any atom is -0.367 e. The summed E-state index contributed by atoms with van der Waals surface area (Å²) in [6, 6.07) is 1.47. The Balaban J connectivity index is 2.46. The monoisotopic (exact) mass is 396 g/mol. The van der Waals surface area contributed by atoms with E-state index in [2.05, 4.69) is 20.9 Å². The largest absolute Gasteiger partial charge is 0.367 e. The molecule has 0 aromatic carbocycles. The van der Waals surface area contributed by atoms with Gasteiger partial charge in [-0.1, -0.05) is 11.6 Å². The Labute approximate surface area is 138 Å². The first-order valence-corrected chi connectivity index (χ1v) is 9.05. The molecule has 0 aliphatic carbocycles. The number of hydrogen-bond acceptors (Lipinski definition) is 4. The van der Waals surface area contributed by atoms with Gasteiger partial charge in [-0.15, -0.1) is 0 Å². The van der Waals surface area contributed by atoms with Crippen molar-refractivity contribution in [2.75, 3.05) is 13.1 Å². The standard InChI is InChI=1S/C13H18BrClN2O3S/c1-12(2)7-17(8-13(3,4)20-12)21(18,19)10-5-9(14)6-16-11(10)15/h5-6H,7-8H2,1-4H3. The highest BCUT2D eigenvalue weighted by Gasteiger charge is 2.43. The zero-order valence-corrected chi connectivity index (χ0v) is 15.5. The average molecular weight is 398 g/mol. The highest BCUT2D eigenvalue weighted by molar-refractivity contribution is 9.10. The second-order valence-electron chi connectivity index (χ2n) is 6.34. The molecule has 118 valence electrons. The third-order valence-corrected chi connectivity index (χ3v) is 5.71. The molecule has 1 aliphatic heterocycles. The predicted molar refractivity (Wildman–Crippen MR) is 84.9 cm³/mol. The maximum absolute atomic E-state index is 12.9. The molecule has 0 N–H and O–H groups in total. The first-order valence-electron chi connectivity index (χ1n) is 6.44. The van der Waals surface area contributed by atoms with Crippen LogP contribution in [0.1, 0.15) is 27.7 Å². The van der Waals surface area contributed by atoms with Gasteiger partial charge in [-0.2, -0.15) is 4.31 Å². The number of pyridine rings is 1. The molecule has 0 amide bonds. The fourth-order valence-electron chi connectivity index (χ4n) is 2.61. The van der Waals surface area contributed by atoms with Crippen molar-refractivity contribution in [3.8, 4) is 0 Å². The Morgan fingerprint density at radius 3 is 2.33 bits per heavy atom. The second-order valence-corrected chi connectivity index (χ2v) is 9.52. The lowest BCUT2D eigenvalue weighted by Gasteiger charge is -2.46. The Kier molecular flexibility index (Phi) is 4.45. The normalized spacial score (nSPS) is 22.2. The summed E-state index contributed by atoms with van der Waals surface area (Å²) in [7, 11) is -3.73. The van der Waals surface area contributed by atoms with Crippen LogP contribution in [0.2, 0.25) is 5.15 Å². The van der Waals surface area contributed by atoms with Crippen LogP contribution in [0, 0.1) is 0 Å². The molecule has 0 radical (unpaired) electrons. The summed E-state index contributed by atoms with van der Waals surface area (Å²) in [4.78, 5) is 3.90. The zero-order valence-electron chi connectivity index (χ0n) is 12.4. The smallest absolute Gasteiger partial charge is 0.246 e. The van der Waals surface area contributed by atoms with Gasteiger partial charge in [0.1, 0.15) is 10.0 Å². The highest BCUT2D eigenvalue weighted by atomic mass is 79.9. The number of aromatic nitrogens is 1. The molecule has 1 fully saturated rings. The van der Waals surface area contributed by atoms with Crippen molar-refractivity contribution in [1.82, 2.24) is 9.29 Å². The minimum absolute atomic E-state index is 0.00652. The van der Waals surface area contributed by atoms with Crippen LogP contribution in [-0.4, -0.2) is 42.0 Å². The van der Waals surface area contributed by atoms with Gasteiger partial charge in [0.15, 0.2) is 0 Å². The van der Waals surface area contributed by atoms with Crippen LogP contribution in [0.15, 0.2) is 21.6 Å². The summed E-state index contributed by atoms with van der Waals surface area (Å²) in [5, 5.41) is -0.0275. The van der Waals surface area contributed by atoms with Crippen LogP contribution in [-0.2, 0) is 14.8 Å². The van der Waals surface area contributed by atoms with Crippen LogP contribution in [0.25, 0.3) is 0 Å². The molecule has 1 saturated heterocycles. The second kappa shape index (κ2) is 5.45. The van der Waals surface area contributed by atoms with E-state index in [1.807, 2.05) is 27.7 Å². The van der Waals surface area contributed by atoms with Crippen molar-refractivity contribution < 1.29 is 13.2 Å². The third-order valence-electron chi connectivity index (χ3n) is 3.06. The van der Waals surface area contributed by atoms with Crippen molar-refractivity contribution in [1.29, 1.82) is 0 Å². The lowest BCUT2D eigenvalue weighted by Crippen LogP contribution is -2.58. The van der Waals surface area contributed by atoms with Crippen LogP contribution in [0.5, 0.6) is 0 Å². The van der Waals surface area contributed by atoms with E-state index in [1.54, 1.807) is 0 Å². The van der Waals surface area contributed by atoms with Crippen LogP contribution < -0.4 is 0 Å². The van der Waals surface area contributed by atoms with E-state index < -0.39 is 21.2 Å². The number of rotatable bonds is 2. The van der Waals surface area contributed by atoms with Crippen molar-refractivity contribution >= 4 is 37.6 Å². The molecule has 8 heteroatoms. The molecular formula is C13H18BrClN2O3S. The summed E-state index contributed by atoms with van der Waals surface area (Å²) in [6.07, 6.45) is 1.47. The van der Waals surface area contributed by atoms with E-state index in [9.17, 15) is 8.42 Å². The van der Waals surface area contributed by atoms with E-state index in [4.69, 9.17) is 16.3 Å². The Morgan fingerprint density at radius 2 is 1.81 bits per heavy atom. The average Bonchev–Trinajstić information content (AvgIpc) is 2.28. The highest BCUT2D eigenvalue weighted by Crippen LogP contribution is 2.33. The van der Waals surface area contributed by atoms with Crippen LogP contribution in [0.3, 0.4) is 0 Å². The van der Waals surface area contributed by atoms with Crippen LogP contribution >= 0.6 is 27.5 Å². The molecule has 0 unspecified atom stereocenters. The quantitative estimate of drug-likeness (QED) is 0.720. The van der Waals surface area contributed by atoms with Crippen molar-refractivity contribution in [3.63, 3.8) is 0 Å². The van der Waals surface area contributed by atoms with E-state index in [0.29, 0.717) is 4.47 Å². The number of sulfonamides is 1. The molecule has 0 spiro atoms. The maximum atomic E-state index is 12.9. The zero-order chi connectivity index (χ0) is 16.1. The molecule has 0 bridgehead atoms. The summed E-state index contributed by atoms with van der Waals surface area (Å²) in [5.74, 6) is 0. The first-order chi connectivity index (χ1) is 9.43. The van der Waals surface area contributed by atoms with Crippen molar-refractivity contribution in [2.24, 2.45) is 0 Å². The molecule has 1 aromatic heterocycles. The van der Waals surface area contributed by atoms with Gasteiger partial charge in [-0.25, -0.2) is 13.4 Å². The van der Waals surface area contributed by atoms with Gasteiger partial charge < -0.3 is 4.74 Å². The van der Waals surface area contributed by atoms with Crippen molar-refractivity contribution in [3.05, 3.63) is 21.9 Å². The fourth-order valence-corrected chi connectivity index (χ4v) is 5.27. The van der Waals surface area contributed by atoms with Gasteiger partial charge >= 0.3 is 0 Å². The van der Waals surface area contributed by atoms with Gasteiger partial charge in [0.05, 0.1) is 11.2 Å². The van der Waals surface area contributed by atoms with E-state index in [-0.39, 0.29) is 23.1 Å². The Bertz CT molecular complexity index is 645. The number of hydrogen-bond donors (Lipinski definition) is 0. The molecule has 1 aliphatic rings.